The molecule has 31 heavy (non-hydrogen) atoms. The van der Waals surface area contributed by atoms with E-state index in [0.29, 0.717) is 0 Å². The maximum atomic E-state index is 12.8. The number of rotatable bonds is 5. The predicted octanol–water partition coefficient (Wildman–Crippen LogP) is 5.33. The molecule has 156 valence electrons. The molecule has 0 N–H and O–H groups in total. The maximum absolute atomic E-state index is 12.8. The third kappa shape index (κ3) is 4.17. The van der Waals surface area contributed by atoms with Crippen molar-refractivity contribution in [3.8, 4) is 11.1 Å². The van der Waals surface area contributed by atoms with Gasteiger partial charge in [-0.2, -0.15) is 0 Å². The van der Waals surface area contributed by atoms with Crippen LogP contribution in [0.3, 0.4) is 0 Å². The van der Waals surface area contributed by atoms with Gasteiger partial charge in [-0.25, -0.2) is 16.8 Å². The molecule has 0 saturated carbocycles. The summed E-state index contributed by atoms with van der Waals surface area (Å²) in [6.07, 6.45) is 0. The highest BCUT2D eigenvalue weighted by molar-refractivity contribution is 7.91. The van der Waals surface area contributed by atoms with E-state index in [9.17, 15) is 16.8 Å². The molecule has 0 aliphatic rings. The van der Waals surface area contributed by atoms with Crippen LogP contribution in [-0.2, 0) is 19.7 Å². The highest BCUT2D eigenvalue weighted by Gasteiger charge is 2.18. The van der Waals surface area contributed by atoms with Gasteiger partial charge in [0.05, 0.1) is 19.6 Å². The first kappa shape index (κ1) is 21.0. The standard InChI is InChI=1S/C25H20O4S2/c1-19-7-13-23(14-8-19)31(28,29)25-17-11-21(12-18-25)20-9-15-24(16-10-20)30(26,27)22-5-3-2-4-6-22/h2-18H,1H3. The number of benzene rings is 4. The van der Waals surface area contributed by atoms with Gasteiger partial charge in [-0.3, -0.25) is 0 Å². The second-order valence-electron chi connectivity index (χ2n) is 7.18. The lowest BCUT2D eigenvalue weighted by Crippen LogP contribution is -2.02. The van der Waals surface area contributed by atoms with Crippen LogP contribution in [-0.4, -0.2) is 16.8 Å². The van der Waals surface area contributed by atoms with Gasteiger partial charge in [0.15, 0.2) is 0 Å². The third-order valence-corrected chi connectivity index (χ3v) is 8.62. The van der Waals surface area contributed by atoms with Gasteiger partial charge in [0, 0.05) is 0 Å². The Kier molecular flexibility index (Phi) is 5.52. The van der Waals surface area contributed by atoms with Crippen LogP contribution in [0.15, 0.2) is 123 Å². The fourth-order valence-electron chi connectivity index (χ4n) is 3.24. The maximum Gasteiger partial charge on any atom is 0.206 e. The molecular formula is C25H20O4S2. The molecule has 0 spiro atoms. The Morgan fingerprint density at radius 2 is 0.742 bits per heavy atom. The molecular weight excluding hydrogens is 428 g/mol. The van der Waals surface area contributed by atoms with Crippen LogP contribution >= 0.6 is 0 Å². The smallest absolute Gasteiger partial charge is 0.206 e. The highest BCUT2D eigenvalue weighted by atomic mass is 32.2. The zero-order valence-corrected chi connectivity index (χ0v) is 18.4. The Bertz CT molecular complexity index is 1400. The van der Waals surface area contributed by atoms with Crippen molar-refractivity contribution in [2.45, 2.75) is 26.5 Å². The second kappa shape index (κ2) is 8.13. The number of hydrogen-bond acceptors (Lipinski definition) is 4. The summed E-state index contributed by atoms with van der Waals surface area (Å²) in [4.78, 5) is 0.916. The molecule has 0 fully saturated rings. The molecule has 0 bridgehead atoms. The van der Waals surface area contributed by atoms with Crippen LogP contribution in [0.2, 0.25) is 0 Å². The molecule has 4 aromatic carbocycles. The van der Waals surface area contributed by atoms with Crippen molar-refractivity contribution in [2.75, 3.05) is 0 Å². The van der Waals surface area contributed by atoms with Crippen molar-refractivity contribution in [3.63, 3.8) is 0 Å². The van der Waals surface area contributed by atoms with Crippen LogP contribution < -0.4 is 0 Å². The topological polar surface area (TPSA) is 68.3 Å². The van der Waals surface area contributed by atoms with E-state index in [1.807, 2.05) is 6.92 Å². The summed E-state index contributed by atoms with van der Waals surface area (Å²) < 4.78 is 51.1. The normalized spacial score (nSPS) is 11.9. The van der Waals surface area contributed by atoms with Crippen LogP contribution in [0, 0.1) is 6.92 Å². The summed E-state index contributed by atoms with van der Waals surface area (Å²) in [5, 5.41) is 0. The number of aryl methyl sites for hydroxylation is 1. The fourth-order valence-corrected chi connectivity index (χ4v) is 5.79. The summed E-state index contributed by atoms with van der Waals surface area (Å²) >= 11 is 0. The van der Waals surface area contributed by atoms with Crippen LogP contribution in [0.4, 0.5) is 0 Å². The molecule has 0 saturated heterocycles. The Hall–Kier alpha value is -3.22. The number of hydrogen-bond donors (Lipinski definition) is 0. The van der Waals surface area contributed by atoms with Crippen molar-refractivity contribution in [3.05, 3.63) is 109 Å². The second-order valence-corrected chi connectivity index (χ2v) is 11.1. The zero-order valence-electron chi connectivity index (χ0n) is 16.8. The monoisotopic (exact) mass is 448 g/mol. The predicted molar refractivity (Wildman–Crippen MR) is 120 cm³/mol. The first-order valence-corrected chi connectivity index (χ1v) is 12.6. The Balaban J connectivity index is 1.61. The zero-order chi connectivity index (χ0) is 22.1. The summed E-state index contributed by atoms with van der Waals surface area (Å²) in [5.74, 6) is 0. The quantitative estimate of drug-likeness (QED) is 0.414. The highest BCUT2D eigenvalue weighted by Crippen LogP contribution is 2.27. The van der Waals surface area contributed by atoms with Crippen LogP contribution in [0.5, 0.6) is 0 Å². The molecule has 0 atom stereocenters. The lowest BCUT2D eigenvalue weighted by Gasteiger charge is -2.08. The molecule has 0 heterocycles. The molecule has 0 aliphatic carbocycles. The SMILES string of the molecule is Cc1ccc(S(=O)(=O)c2ccc(-c3ccc(S(=O)(=O)c4ccccc4)cc3)cc2)cc1. The molecule has 6 heteroatoms. The minimum Gasteiger partial charge on any atom is -0.219 e. The van der Waals surface area contributed by atoms with Crippen molar-refractivity contribution in [1.82, 2.24) is 0 Å². The van der Waals surface area contributed by atoms with Gasteiger partial charge in [0.1, 0.15) is 0 Å². The van der Waals surface area contributed by atoms with Crippen molar-refractivity contribution < 1.29 is 16.8 Å². The minimum absolute atomic E-state index is 0.209. The average Bonchev–Trinajstić information content (AvgIpc) is 2.80. The summed E-state index contributed by atoms with van der Waals surface area (Å²) in [6, 6.07) is 28.2. The summed E-state index contributed by atoms with van der Waals surface area (Å²) in [6.45, 7) is 1.90. The van der Waals surface area contributed by atoms with Crippen molar-refractivity contribution in [2.24, 2.45) is 0 Å². The van der Waals surface area contributed by atoms with Gasteiger partial charge in [0.25, 0.3) is 0 Å². The Labute approximate surface area is 182 Å². The van der Waals surface area contributed by atoms with E-state index >= 15 is 0 Å². The average molecular weight is 449 g/mol. The lowest BCUT2D eigenvalue weighted by molar-refractivity contribution is 0.594. The van der Waals surface area contributed by atoms with E-state index in [1.165, 1.54) is 0 Å². The molecule has 4 rings (SSSR count). The van der Waals surface area contributed by atoms with Crippen LogP contribution in [0.25, 0.3) is 11.1 Å². The lowest BCUT2D eigenvalue weighted by atomic mass is 10.1. The van der Waals surface area contributed by atoms with E-state index in [0.717, 1.165) is 16.7 Å². The van der Waals surface area contributed by atoms with Gasteiger partial charge in [0.2, 0.25) is 19.7 Å². The molecule has 4 nitrogen and oxygen atoms in total. The van der Waals surface area contributed by atoms with Gasteiger partial charge < -0.3 is 0 Å². The van der Waals surface area contributed by atoms with Crippen molar-refractivity contribution >= 4 is 19.7 Å². The van der Waals surface area contributed by atoms with Gasteiger partial charge in [-0.05, 0) is 66.6 Å². The summed E-state index contributed by atoms with van der Waals surface area (Å²) in [5.41, 5.74) is 2.59. The summed E-state index contributed by atoms with van der Waals surface area (Å²) in [7, 11) is -7.17. The van der Waals surface area contributed by atoms with E-state index in [1.54, 1.807) is 103 Å². The van der Waals surface area contributed by atoms with Crippen LogP contribution in [0.1, 0.15) is 5.56 Å². The molecule has 4 aromatic rings. The molecule has 0 aromatic heterocycles. The first-order chi connectivity index (χ1) is 14.8. The van der Waals surface area contributed by atoms with E-state index in [-0.39, 0.29) is 19.6 Å². The number of sulfone groups is 2. The van der Waals surface area contributed by atoms with E-state index in [2.05, 4.69) is 0 Å². The van der Waals surface area contributed by atoms with E-state index in [4.69, 9.17) is 0 Å². The van der Waals surface area contributed by atoms with E-state index < -0.39 is 19.7 Å². The van der Waals surface area contributed by atoms with Gasteiger partial charge in [-0.1, -0.05) is 60.2 Å². The van der Waals surface area contributed by atoms with Crippen molar-refractivity contribution in [1.29, 1.82) is 0 Å². The molecule has 0 unspecified atom stereocenters. The van der Waals surface area contributed by atoms with Gasteiger partial charge >= 0.3 is 0 Å². The van der Waals surface area contributed by atoms with Gasteiger partial charge in [-0.15, -0.1) is 0 Å². The Morgan fingerprint density at radius 1 is 0.419 bits per heavy atom. The third-order valence-electron chi connectivity index (χ3n) is 5.05. The molecule has 0 amide bonds. The first-order valence-electron chi connectivity index (χ1n) is 9.61. The molecule has 0 radical (unpaired) electrons. The Morgan fingerprint density at radius 3 is 1.13 bits per heavy atom. The minimum atomic E-state index is -3.59. The fraction of sp³-hybridized carbons (Fsp3) is 0.0400. The molecule has 0 aliphatic heterocycles. The largest absolute Gasteiger partial charge is 0.219 e.